The van der Waals surface area contributed by atoms with Crippen LogP contribution in [-0.2, 0) is 0 Å². The van der Waals surface area contributed by atoms with Gasteiger partial charge in [0.2, 0.25) is 0 Å². The molecule has 0 radical (unpaired) electrons. The van der Waals surface area contributed by atoms with Crippen LogP contribution in [0.1, 0.15) is 10.4 Å². The van der Waals surface area contributed by atoms with E-state index in [9.17, 15) is 13.6 Å². The standard InChI is InChI=1S/C13H7BrF2O2S/c14-8-2-1-3-9(6-8)19-12-10(15)4-7(13(17)18)5-11(12)16/h1-6H,(H,17,18). The third-order valence-electron chi connectivity index (χ3n) is 2.26. The van der Waals surface area contributed by atoms with Crippen LogP contribution < -0.4 is 0 Å². The average molecular weight is 345 g/mol. The Kier molecular flexibility index (Phi) is 4.21. The number of carbonyl (C=O) groups is 1. The second-order valence-corrected chi connectivity index (χ2v) is 5.63. The lowest BCUT2D eigenvalue weighted by Crippen LogP contribution is -2.00. The highest BCUT2D eigenvalue weighted by molar-refractivity contribution is 9.10. The zero-order valence-electron chi connectivity index (χ0n) is 9.36. The predicted octanol–water partition coefficient (Wildman–Crippen LogP) is 4.58. The van der Waals surface area contributed by atoms with Gasteiger partial charge in [-0.3, -0.25) is 0 Å². The third kappa shape index (κ3) is 3.33. The first-order valence-electron chi connectivity index (χ1n) is 5.13. The Morgan fingerprint density at radius 3 is 2.32 bits per heavy atom. The number of hydrogen-bond donors (Lipinski definition) is 1. The van der Waals surface area contributed by atoms with E-state index in [0.29, 0.717) is 4.90 Å². The first-order valence-corrected chi connectivity index (χ1v) is 6.74. The highest BCUT2D eigenvalue weighted by Crippen LogP contribution is 2.33. The van der Waals surface area contributed by atoms with E-state index in [1.165, 1.54) is 0 Å². The van der Waals surface area contributed by atoms with Crippen LogP contribution in [0, 0.1) is 11.6 Å². The number of benzene rings is 2. The van der Waals surface area contributed by atoms with E-state index in [4.69, 9.17) is 5.11 Å². The normalized spacial score (nSPS) is 10.5. The molecular weight excluding hydrogens is 338 g/mol. The van der Waals surface area contributed by atoms with E-state index in [0.717, 1.165) is 28.4 Å². The monoisotopic (exact) mass is 344 g/mol. The van der Waals surface area contributed by atoms with Crippen LogP contribution in [0.3, 0.4) is 0 Å². The molecule has 0 aliphatic rings. The summed E-state index contributed by atoms with van der Waals surface area (Å²) in [6.45, 7) is 0. The van der Waals surface area contributed by atoms with Crippen molar-refractivity contribution in [2.45, 2.75) is 9.79 Å². The van der Waals surface area contributed by atoms with Crippen molar-refractivity contribution in [1.29, 1.82) is 0 Å². The molecule has 0 unspecified atom stereocenters. The number of hydrogen-bond acceptors (Lipinski definition) is 2. The van der Waals surface area contributed by atoms with Gasteiger partial charge >= 0.3 is 5.97 Å². The van der Waals surface area contributed by atoms with Crippen LogP contribution in [0.5, 0.6) is 0 Å². The van der Waals surface area contributed by atoms with Gasteiger partial charge in [-0.05, 0) is 30.3 Å². The zero-order chi connectivity index (χ0) is 14.0. The Hall–Kier alpha value is -1.40. The maximum Gasteiger partial charge on any atom is 0.335 e. The van der Waals surface area contributed by atoms with E-state index in [1.807, 2.05) is 0 Å². The summed E-state index contributed by atoms with van der Waals surface area (Å²) in [6.07, 6.45) is 0. The highest BCUT2D eigenvalue weighted by atomic mass is 79.9. The largest absolute Gasteiger partial charge is 0.478 e. The molecule has 0 aromatic heterocycles. The number of aromatic carboxylic acids is 1. The van der Waals surface area contributed by atoms with Crippen molar-refractivity contribution in [3.05, 3.63) is 58.1 Å². The first kappa shape index (κ1) is 14.0. The minimum absolute atomic E-state index is 0.219. The fourth-order valence-electron chi connectivity index (χ4n) is 1.43. The Morgan fingerprint density at radius 1 is 1.16 bits per heavy atom. The second kappa shape index (κ2) is 5.71. The van der Waals surface area contributed by atoms with Crippen molar-refractivity contribution in [3.63, 3.8) is 0 Å². The highest BCUT2D eigenvalue weighted by Gasteiger charge is 2.15. The zero-order valence-corrected chi connectivity index (χ0v) is 11.8. The van der Waals surface area contributed by atoms with Gasteiger partial charge < -0.3 is 5.11 Å². The second-order valence-electron chi connectivity index (χ2n) is 3.63. The molecule has 0 spiro atoms. The Labute approximate surface area is 120 Å². The minimum Gasteiger partial charge on any atom is -0.478 e. The molecule has 19 heavy (non-hydrogen) atoms. The van der Waals surface area contributed by atoms with Crippen LogP contribution in [0.2, 0.25) is 0 Å². The average Bonchev–Trinajstić information content (AvgIpc) is 2.33. The van der Waals surface area contributed by atoms with Gasteiger partial charge in [0.25, 0.3) is 0 Å². The summed E-state index contributed by atoms with van der Waals surface area (Å²) in [6, 6.07) is 8.59. The van der Waals surface area contributed by atoms with Crippen LogP contribution in [0.15, 0.2) is 50.7 Å². The van der Waals surface area contributed by atoms with E-state index >= 15 is 0 Å². The maximum absolute atomic E-state index is 13.7. The molecule has 0 aliphatic carbocycles. The Morgan fingerprint density at radius 2 is 1.79 bits per heavy atom. The van der Waals surface area contributed by atoms with Crippen LogP contribution >= 0.6 is 27.7 Å². The topological polar surface area (TPSA) is 37.3 Å². The lowest BCUT2D eigenvalue weighted by atomic mass is 10.2. The maximum atomic E-state index is 13.7. The van der Waals surface area contributed by atoms with Crippen molar-refractivity contribution >= 4 is 33.7 Å². The summed E-state index contributed by atoms with van der Waals surface area (Å²) in [5.41, 5.74) is -0.409. The number of rotatable bonds is 3. The van der Waals surface area contributed by atoms with E-state index in [2.05, 4.69) is 15.9 Å². The Bertz CT molecular complexity index is 623. The minimum atomic E-state index is -1.36. The molecule has 0 saturated heterocycles. The van der Waals surface area contributed by atoms with Gasteiger partial charge in [-0.25, -0.2) is 13.6 Å². The molecule has 0 aliphatic heterocycles. The molecule has 6 heteroatoms. The summed E-state index contributed by atoms with van der Waals surface area (Å²) >= 11 is 4.17. The summed E-state index contributed by atoms with van der Waals surface area (Å²) in [5.74, 6) is -3.14. The molecule has 0 fully saturated rings. The van der Waals surface area contributed by atoms with Gasteiger partial charge in [0.05, 0.1) is 10.5 Å². The molecule has 98 valence electrons. The van der Waals surface area contributed by atoms with Gasteiger partial charge in [-0.1, -0.05) is 33.8 Å². The third-order valence-corrected chi connectivity index (χ3v) is 3.84. The molecule has 0 saturated carbocycles. The van der Waals surface area contributed by atoms with Gasteiger partial charge in [0.1, 0.15) is 11.6 Å². The Balaban J connectivity index is 2.38. The van der Waals surface area contributed by atoms with Gasteiger partial charge in [-0.2, -0.15) is 0 Å². The molecule has 0 amide bonds. The van der Waals surface area contributed by atoms with E-state index < -0.39 is 23.2 Å². The molecule has 0 bridgehead atoms. The molecule has 2 aromatic carbocycles. The predicted molar refractivity (Wildman–Crippen MR) is 71.6 cm³/mol. The van der Waals surface area contributed by atoms with Crippen LogP contribution in [-0.4, -0.2) is 11.1 Å². The van der Waals surface area contributed by atoms with Crippen molar-refractivity contribution in [2.24, 2.45) is 0 Å². The van der Waals surface area contributed by atoms with Gasteiger partial charge in [0.15, 0.2) is 0 Å². The molecule has 0 atom stereocenters. The lowest BCUT2D eigenvalue weighted by molar-refractivity contribution is 0.0695. The van der Waals surface area contributed by atoms with Crippen molar-refractivity contribution in [2.75, 3.05) is 0 Å². The number of carboxylic acid groups (broad SMARTS) is 1. The molecular formula is C13H7BrF2O2S. The van der Waals surface area contributed by atoms with Crippen molar-refractivity contribution in [1.82, 2.24) is 0 Å². The van der Waals surface area contributed by atoms with E-state index in [1.54, 1.807) is 24.3 Å². The SMILES string of the molecule is O=C(O)c1cc(F)c(Sc2cccc(Br)c2)c(F)c1. The van der Waals surface area contributed by atoms with Crippen LogP contribution in [0.25, 0.3) is 0 Å². The van der Waals surface area contributed by atoms with E-state index in [-0.39, 0.29) is 4.90 Å². The quantitative estimate of drug-likeness (QED) is 0.885. The molecule has 2 nitrogen and oxygen atoms in total. The fourth-order valence-corrected chi connectivity index (χ4v) is 2.86. The first-order chi connectivity index (χ1) is 8.97. The van der Waals surface area contributed by atoms with Crippen molar-refractivity contribution in [3.8, 4) is 0 Å². The fraction of sp³-hybridized carbons (Fsp3) is 0. The lowest BCUT2D eigenvalue weighted by Gasteiger charge is -2.06. The van der Waals surface area contributed by atoms with Gasteiger partial charge in [0, 0.05) is 9.37 Å². The molecule has 2 aromatic rings. The summed E-state index contributed by atoms with van der Waals surface area (Å²) in [4.78, 5) is 11.1. The molecule has 0 heterocycles. The number of halogens is 3. The van der Waals surface area contributed by atoms with Crippen LogP contribution in [0.4, 0.5) is 8.78 Å². The smallest absolute Gasteiger partial charge is 0.335 e. The molecule has 2 rings (SSSR count). The number of carboxylic acids is 1. The summed E-state index contributed by atoms with van der Waals surface area (Å²) in [5, 5.41) is 8.70. The van der Waals surface area contributed by atoms with Gasteiger partial charge in [-0.15, -0.1) is 0 Å². The summed E-state index contributed by atoms with van der Waals surface area (Å²) in [7, 11) is 0. The van der Waals surface area contributed by atoms with Crippen molar-refractivity contribution < 1.29 is 18.7 Å². The summed E-state index contributed by atoms with van der Waals surface area (Å²) < 4.78 is 28.2. The molecule has 1 N–H and O–H groups in total.